The number of phenolic OH excluding ortho intramolecular Hbond substituents is 1. The Morgan fingerprint density at radius 3 is 2.42 bits per heavy atom. The van der Waals surface area contributed by atoms with Crippen molar-refractivity contribution in [2.24, 2.45) is 11.3 Å². The fraction of sp³-hybridized carbons (Fsp3) is 0.490. The molecule has 2 aliphatic heterocycles. The van der Waals surface area contributed by atoms with Crippen LogP contribution < -0.4 is 16.4 Å². The maximum absolute atomic E-state index is 14.0. The van der Waals surface area contributed by atoms with Crippen molar-refractivity contribution in [2.45, 2.75) is 117 Å². The summed E-state index contributed by atoms with van der Waals surface area (Å²) >= 11 is 1.59. The lowest BCUT2D eigenvalue weighted by Gasteiger charge is -2.35. The first-order valence-electron chi connectivity index (χ1n) is 22.9. The molecule has 0 saturated carbocycles. The monoisotopic (exact) mass is 904 g/mol. The van der Waals surface area contributed by atoms with Gasteiger partial charge in [-0.2, -0.15) is 5.10 Å². The van der Waals surface area contributed by atoms with Crippen LogP contribution in [-0.2, 0) is 27.5 Å². The zero-order valence-corrected chi connectivity index (χ0v) is 38.9. The van der Waals surface area contributed by atoms with E-state index in [1.807, 2.05) is 86.7 Å². The topological polar surface area (TPSA) is 205 Å². The summed E-state index contributed by atoms with van der Waals surface area (Å²) in [5.41, 5.74) is 13.1. The Bertz CT molecular complexity index is 2390. The highest BCUT2D eigenvalue weighted by Gasteiger charge is 2.44. The van der Waals surface area contributed by atoms with Crippen molar-refractivity contribution in [3.63, 3.8) is 0 Å². The third-order valence-electron chi connectivity index (χ3n) is 12.7. The number of aryl methyl sites for hydroxylation is 1. The number of benzene rings is 2. The number of nitrogens with one attached hydrogen (secondary N) is 2. The molecule has 3 atom stereocenters. The van der Waals surface area contributed by atoms with Gasteiger partial charge in [0.15, 0.2) is 5.82 Å². The van der Waals surface area contributed by atoms with Crippen LogP contribution in [0.2, 0.25) is 0 Å². The number of nitrogen functional groups attached to an aromatic ring is 1. The molecular formula is C49H64N10O5S. The molecule has 0 spiro atoms. The quantitative estimate of drug-likeness (QED) is 0.0594. The number of amides is 3. The fourth-order valence-corrected chi connectivity index (χ4v) is 9.69. The van der Waals surface area contributed by atoms with Gasteiger partial charge in [-0.15, -0.1) is 21.5 Å². The highest BCUT2D eigenvalue weighted by Crippen LogP contribution is 2.33. The minimum Gasteiger partial charge on any atom is -0.507 e. The molecule has 3 amide bonds. The van der Waals surface area contributed by atoms with Gasteiger partial charge >= 0.3 is 0 Å². The number of carbonyl (C=O) groups is 3. The van der Waals surface area contributed by atoms with Crippen LogP contribution in [0.3, 0.4) is 0 Å². The Labute approximate surface area is 385 Å². The molecule has 15 nitrogen and oxygen atoms in total. The van der Waals surface area contributed by atoms with E-state index in [4.69, 9.17) is 5.73 Å². The number of unbranched alkanes of at least 4 members (excludes halogenated alkanes) is 4. The summed E-state index contributed by atoms with van der Waals surface area (Å²) in [5.74, 6) is 0.132. The number of nitrogens with two attached hydrogens (primary N) is 1. The first-order valence-corrected chi connectivity index (χ1v) is 23.8. The van der Waals surface area contributed by atoms with Crippen molar-refractivity contribution in [2.75, 3.05) is 31.9 Å². The molecule has 16 heteroatoms. The largest absolute Gasteiger partial charge is 0.507 e. The molecule has 2 aromatic carbocycles. The predicted octanol–water partition coefficient (Wildman–Crippen LogP) is 6.59. The Morgan fingerprint density at radius 1 is 0.954 bits per heavy atom. The number of nitrogens with zero attached hydrogens (tertiary/aromatic N) is 7. The maximum atomic E-state index is 14.0. The summed E-state index contributed by atoms with van der Waals surface area (Å²) < 4.78 is 1.99. The number of anilines is 1. The van der Waals surface area contributed by atoms with E-state index in [2.05, 4.69) is 35.8 Å². The Kier molecular flexibility index (Phi) is 15.6. The van der Waals surface area contributed by atoms with Crippen LogP contribution in [0.4, 0.5) is 5.82 Å². The molecule has 3 aromatic heterocycles. The van der Waals surface area contributed by atoms with Gasteiger partial charge in [-0.25, -0.2) is 4.98 Å². The third kappa shape index (κ3) is 12.4. The summed E-state index contributed by atoms with van der Waals surface area (Å²) in [6.45, 7) is 12.0. The molecule has 2 fully saturated rings. The summed E-state index contributed by atoms with van der Waals surface area (Å²) in [4.78, 5) is 50.1. The number of aromatic nitrogens is 5. The number of rotatable bonds is 18. The fourth-order valence-electron chi connectivity index (χ4n) is 8.88. The van der Waals surface area contributed by atoms with Gasteiger partial charge in [0.1, 0.15) is 17.8 Å². The zero-order valence-electron chi connectivity index (χ0n) is 38.1. The molecule has 2 aliphatic rings. The van der Waals surface area contributed by atoms with Crippen LogP contribution in [-0.4, -0.2) is 107 Å². The van der Waals surface area contributed by atoms with Crippen LogP contribution >= 0.6 is 11.3 Å². The van der Waals surface area contributed by atoms with Gasteiger partial charge in [-0.05, 0) is 92.9 Å². The minimum absolute atomic E-state index is 0.0411. The van der Waals surface area contributed by atoms with Gasteiger partial charge in [-0.1, -0.05) is 76.4 Å². The number of thiazole rings is 1. The van der Waals surface area contributed by atoms with Crippen molar-refractivity contribution in [1.82, 2.24) is 45.4 Å². The Morgan fingerprint density at radius 2 is 1.69 bits per heavy atom. The average Bonchev–Trinajstić information content (AvgIpc) is 4.05. The van der Waals surface area contributed by atoms with E-state index in [0.717, 1.165) is 104 Å². The number of hydrogen-bond acceptors (Lipinski definition) is 12. The van der Waals surface area contributed by atoms with Crippen LogP contribution in [0, 0.1) is 18.3 Å². The summed E-state index contributed by atoms with van der Waals surface area (Å²) in [6, 6.07) is 15.2. The number of aliphatic hydroxyl groups excluding tert-OH is 1. The molecule has 2 saturated heterocycles. The van der Waals surface area contributed by atoms with Gasteiger partial charge in [0.05, 0.1) is 34.1 Å². The number of aromatic hydroxyl groups is 1. The SMILES string of the molecule is Cc1ncsc1-c1ccc(CNC(=O)[C@@H]2C[C@@H](O)CN2C(=O)[C@@H](NC(=O)CCCCCCCN2CCC(Cn3cc(-c4cc(-c5ccccc5O)nnc4N)cn3)CC2)C(C)(C)C)cc1. The number of carbonyl (C=O) groups excluding carboxylic acids is 3. The van der Waals surface area contributed by atoms with Crippen LogP contribution in [0.5, 0.6) is 5.75 Å². The van der Waals surface area contributed by atoms with Crippen molar-refractivity contribution in [3.05, 3.63) is 83.8 Å². The van der Waals surface area contributed by atoms with Gasteiger partial charge in [0.25, 0.3) is 0 Å². The van der Waals surface area contributed by atoms with Crippen molar-refractivity contribution in [1.29, 1.82) is 0 Å². The van der Waals surface area contributed by atoms with Crippen molar-refractivity contribution in [3.8, 4) is 38.6 Å². The van der Waals surface area contributed by atoms with Gasteiger partial charge in [0.2, 0.25) is 17.7 Å². The molecule has 65 heavy (non-hydrogen) atoms. The number of aliphatic hydroxyl groups is 1. The molecule has 7 rings (SSSR count). The van der Waals surface area contributed by atoms with E-state index < -0.39 is 23.6 Å². The summed E-state index contributed by atoms with van der Waals surface area (Å²) in [5, 5.41) is 39.8. The van der Waals surface area contributed by atoms with Gasteiger partial charge < -0.3 is 36.4 Å². The summed E-state index contributed by atoms with van der Waals surface area (Å²) in [6.07, 6.45) is 10.6. The van der Waals surface area contributed by atoms with Gasteiger partial charge in [-0.3, -0.25) is 19.1 Å². The van der Waals surface area contributed by atoms with Crippen molar-refractivity contribution >= 4 is 34.9 Å². The van der Waals surface area contributed by atoms with Gasteiger partial charge in [0, 0.05) is 55.4 Å². The van der Waals surface area contributed by atoms with Crippen LogP contribution in [0.25, 0.3) is 32.8 Å². The second-order valence-electron chi connectivity index (χ2n) is 18.7. The number of likely N-dealkylation sites (tertiary alicyclic amines) is 2. The van der Waals surface area contributed by atoms with E-state index in [9.17, 15) is 24.6 Å². The van der Waals surface area contributed by atoms with E-state index >= 15 is 0 Å². The number of hydrogen-bond donors (Lipinski definition) is 5. The van der Waals surface area contributed by atoms with E-state index in [1.54, 1.807) is 29.5 Å². The molecule has 0 aliphatic carbocycles. The summed E-state index contributed by atoms with van der Waals surface area (Å²) in [7, 11) is 0. The van der Waals surface area contributed by atoms with Crippen molar-refractivity contribution < 1.29 is 24.6 Å². The highest BCUT2D eigenvalue weighted by molar-refractivity contribution is 7.13. The van der Waals surface area contributed by atoms with E-state index in [0.29, 0.717) is 36.0 Å². The molecule has 346 valence electrons. The molecule has 0 unspecified atom stereocenters. The molecule has 6 N–H and O–H groups in total. The zero-order chi connectivity index (χ0) is 46.1. The number of phenols is 1. The van der Waals surface area contributed by atoms with E-state index in [1.165, 1.54) is 4.90 Å². The maximum Gasteiger partial charge on any atom is 0.246 e. The average molecular weight is 905 g/mol. The minimum atomic E-state index is -0.839. The first-order chi connectivity index (χ1) is 31.2. The lowest BCUT2D eigenvalue weighted by Crippen LogP contribution is -2.57. The molecular weight excluding hydrogens is 841 g/mol. The highest BCUT2D eigenvalue weighted by atomic mass is 32.1. The second-order valence-corrected chi connectivity index (χ2v) is 19.6. The first kappa shape index (κ1) is 47.3. The third-order valence-corrected chi connectivity index (χ3v) is 13.7. The van der Waals surface area contributed by atoms with E-state index in [-0.39, 0.29) is 36.4 Å². The number of β-amino-alcohol motifs (C(OH)–C–C–N with tert-alkyl or cyclic N) is 1. The molecule has 5 heterocycles. The molecule has 0 radical (unpaired) electrons. The normalized spacial score (nSPS) is 17.6. The van der Waals surface area contributed by atoms with Crippen LogP contribution in [0.1, 0.15) is 89.8 Å². The Balaban J connectivity index is 0.784. The smallest absolute Gasteiger partial charge is 0.246 e. The predicted molar refractivity (Wildman–Crippen MR) is 253 cm³/mol. The lowest BCUT2D eigenvalue weighted by molar-refractivity contribution is -0.144. The molecule has 0 bridgehead atoms. The second kappa shape index (κ2) is 21.5. The van der Waals surface area contributed by atoms with Crippen LogP contribution in [0.15, 0.2) is 72.5 Å². The number of piperidine rings is 1. The molecule has 5 aromatic rings. The standard InChI is InChI=1S/C49H64N10O5S/c1-32-44(65-31-52-32)35-17-15-33(16-18-35)26-51-47(63)41-24-37(60)30-59(41)48(64)45(49(2,3)4)54-43(62)14-8-6-5-7-11-21-57-22-19-34(20-23-57)28-58-29-36(27-53-58)39-25-40(55-56-46(39)50)38-12-9-10-13-42(38)61/h9-10,12-13,15-18,25,27,29,31,34,37,41,45,60-61H,5-8,11,14,19-24,26,28,30H2,1-4H3,(H2,50,56)(H,51,63)(H,54,62)/t37-,41+,45-/m1/s1. The number of para-hydroxylation sites is 1. The lowest BCUT2D eigenvalue weighted by atomic mass is 9.85. The Hall–Kier alpha value is -5.71.